The molecule has 1 atom stereocenters. The largest absolute Gasteiger partial charge is 0.494 e. The van der Waals surface area contributed by atoms with Gasteiger partial charge in [0.15, 0.2) is 5.65 Å². The van der Waals surface area contributed by atoms with Crippen molar-refractivity contribution in [2.75, 3.05) is 48.8 Å². The van der Waals surface area contributed by atoms with E-state index in [1.54, 1.807) is 17.8 Å². The molecule has 2 aliphatic rings. The van der Waals surface area contributed by atoms with Crippen LogP contribution in [0.2, 0.25) is 0 Å². The minimum Gasteiger partial charge on any atom is -0.494 e. The number of nitrogens with one attached hydrogen (secondary N) is 3. The first-order valence-corrected chi connectivity index (χ1v) is 11.8. The maximum atomic E-state index is 13.1. The van der Waals surface area contributed by atoms with Gasteiger partial charge >= 0.3 is 0 Å². The molecule has 2 saturated heterocycles. The third-order valence-corrected chi connectivity index (χ3v) is 6.42. The number of carbonyl (C=O) groups excluding carboxylic acids is 1. The van der Waals surface area contributed by atoms with Crippen LogP contribution in [0.15, 0.2) is 36.7 Å². The van der Waals surface area contributed by atoms with Gasteiger partial charge in [-0.3, -0.25) is 4.79 Å². The summed E-state index contributed by atoms with van der Waals surface area (Å²) >= 11 is 0. The quantitative estimate of drug-likeness (QED) is 0.532. The molecule has 0 spiro atoms. The van der Waals surface area contributed by atoms with Crippen LogP contribution in [0.25, 0.3) is 5.65 Å². The molecule has 0 unspecified atom stereocenters. The normalized spacial score (nSPS) is 18.8. The van der Waals surface area contributed by atoms with Gasteiger partial charge in [-0.2, -0.15) is 5.10 Å². The number of ether oxygens (including phenoxy) is 1. The van der Waals surface area contributed by atoms with Crippen LogP contribution in [0.4, 0.5) is 17.2 Å². The molecule has 9 heteroatoms. The molecule has 4 heterocycles. The van der Waals surface area contributed by atoms with Crippen molar-refractivity contribution in [3.05, 3.63) is 42.2 Å². The number of piperidine rings is 2. The molecule has 3 N–H and O–H groups in total. The maximum absolute atomic E-state index is 13.1. The van der Waals surface area contributed by atoms with Gasteiger partial charge < -0.3 is 25.6 Å². The Labute approximate surface area is 193 Å². The van der Waals surface area contributed by atoms with Gasteiger partial charge in [0.05, 0.1) is 19.0 Å². The number of nitrogens with zero attached hydrogens (tertiary/aromatic N) is 4. The molecule has 9 nitrogen and oxygen atoms in total. The zero-order chi connectivity index (χ0) is 22.6. The van der Waals surface area contributed by atoms with Crippen LogP contribution < -0.4 is 25.6 Å². The summed E-state index contributed by atoms with van der Waals surface area (Å²) in [6, 6.07) is 8.16. The lowest BCUT2D eigenvalue weighted by molar-refractivity contribution is 0.102. The average molecular weight is 450 g/mol. The Bertz CT molecular complexity index is 1120. The van der Waals surface area contributed by atoms with Crippen LogP contribution in [0.3, 0.4) is 0 Å². The fraction of sp³-hybridized carbons (Fsp3) is 0.458. The number of methoxy groups -OCH3 is 1. The smallest absolute Gasteiger partial charge is 0.261 e. The molecule has 0 saturated carbocycles. The Morgan fingerprint density at radius 2 is 2.06 bits per heavy atom. The minimum absolute atomic E-state index is 0.266. The van der Waals surface area contributed by atoms with Crippen molar-refractivity contribution in [1.82, 2.24) is 19.9 Å². The number of fused-ring (bicyclic) bond motifs is 1. The second-order valence-corrected chi connectivity index (χ2v) is 8.71. The molecule has 0 radical (unpaired) electrons. The summed E-state index contributed by atoms with van der Waals surface area (Å²) in [5, 5.41) is 14.1. The van der Waals surface area contributed by atoms with Crippen LogP contribution in [-0.2, 0) is 0 Å². The van der Waals surface area contributed by atoms with Crippen LogP contribution in [-0.4, -0.2) is 59.8 Å². The van der Waals surface area contributed by atoms with E-state index in [0.29, 0.717) is 28.7 Å². The summed E-state index contributed by atoms with van der Waals surface area (Å²) in [7, 11) is 1.62. The third-order valence-electron chi connectivity index (χ3n) is 6.42. The highest BCUT2D eigenvalue weighted by atomic mass is 16.5. The summed E-state index contributed by atoms with van der Waals surface area (Å²) in [6.07, 6.45) is 9.31. The highest BCUT2D eigenvalue weighted by Crippen LogP contribution is 2.31. The predicted molar refractivity (Wildman–Crippen MR) is 130 cm³/mol. The van der Waals surface area contributed by atoms with Gasteiger partial charge in [0, 0.05) is 43.6 Å². The van der Waals surface area contributed by atoms with E-state index in [-0.39, 0.29) is 5.91 Å². The highest BCUT2D eigenvalue weighted by Gasteiger charge is 2.19. The molecular weight excluding hydrogens is 418 g/mol. The van der Waals surface area contributed by atoms with Gasteiger partial charge in [-0.15, -0.1) is 0 Å². The van der Waals surface area contributed by atoms with Crippen molar-refractivity contribution >= 4 is 28.7 Å². The first kappa shape index (κ1) is 21.5. The Kier molecular flexibility index (Phi) is 6.30. The lowest BCUT2D eigenvalue weighted by Gasteiger charge is -2.29. The van der Waals surface area contributed by atoms with Gasteiger partial charge in [0.2, 0.25) is 0 Å². The average Bonchev–Trinajstić information content (AvgIpc) is 3.29. The van der Waals surface area contributed by atoms with Crippen LogP contribution in [0.1, 0.15) is 42.5 Å². The SMILES string of the molecule is COc1cc(N2CCCCC2)ccc1NC(=O)c1cnn2ccc(N[C@@H]3CCCNC3)nc12. The van der Waals surface area contributed by atoms with E-state index in [9.17, 15) is 4.79 Å². The fourth-order valence-corrected chi connectivity index (χ4v) is 4.62. The van der Waals surface area contributed by atoms with Crippen molar-refractivity contribution in [3.63, 3.8) is 0 Å². The zero-order valence-electron chi connectivity index (χ0n) is 19.0. The molecule has 5 rings (SSSR count). The topological polar surface area (TPSA) is 95.8 Å². The fourth-order valence-electron chi connectivity index (χ4n) is 4.62. The third kappa shape index (κ3) is 4.73. The summed E-state index contributed by atoms with van der Waals surface area (Å²) in [6.45, 7) is 4.07. The molecule has 1 aromatic carbocycles. The van der Waals surface area contributed by atoms with Crippen LogP contribution in [0, 0.1) is 0 Å². The number of carbonyl (C=O) groups is 1. The molecule has 2 aromatic heterocycles. The molecule has 0 bridgehead atoms. The molecule has 2 fully saturated rings. The number of hydrogen-bond acceptors (Lipinski definition) is 7. The predicted octanol–water partition coefficient (Wildman–Crippen LogP) is 3.14. The number of anilines is 3. The number of hydrogen-bond donors (Lipinski definition) is 3. The lowest BCUT2D eigenvalue weighted by atomic mass is 10.1. The van der Waals surface area contributed by atoms with Crippen molar-refractivity contribution in [2.45, 2.75) is 38.1 Å². The highest BCUT2D eigenvalue weighted by molar-refractivity contribution is 6.08. The monoisotopic (exact) mass is 449 g/mol. The molecule has 174 valence electrons. The van der Waals surface area contributed by atoms with Crippen molar-refractivity contribution < 1.29 is 9.53 Å². The Balaban J connectivity index is 1.34. The minimum atomic E-state index is -0.266. The lowest BCUT2D eigenvalue weighted by Crippen LogP contribution is -2.38. The summed E-state index contributed by atoms with van der Waals surface area (Å²) < 4.78 is 7.21. The second kappa shape index (κ2) is 9.66. The van der Waals surface area contributed by atoms with Gasteiger partial charge in [-0.25, -0.2) is 9.50 Å². The van der Waals surface area contributed by atoms with Crippen molar-refractivity contribution in [1.29, 1.82) is 0 Å². The standard InChI is InChI=1S/C24H31N7O2/c1-33-21-14-18(30-11-3-2-4-12-30)7-8-20(21)28-24(32)19-16-26-31-13-9-22(29-23(19)31)27-17-6-5-10-25-15-17/h7-9,13-14,16-17,25H,2-6,10-12,15H2,1H3,(H,27,29)(H,28,32)/t17-/m1/s1. The summed E-state index contributed by atoms with van der Waals surface area (Å²) in [4.78, 5) is 20.2. The molecule has 3 aromatic rings. The van der Waals surface area contributed by atoms with Crippen LogP contribution in [0.5, 0.6) is 5.75 Å². The van der Waals surface area contributed by atoms with Gasteiger partial charge in [-0.1, -0.05) is 0 Å². The molecule has 1 amide bonds. The van der Waals surface area contributed by atoms with Crippen molar-refractivity contribution in [3.8, 4) is 5.75 Å². The maximum Gasteiger partial charge on any atom is 0.261 e. The van der Waals surface area contributed by atoms with E-state index < -0.39 is 0 Å². The van der Waals surface area contributed by atoms with Gasteiger partial charge in [0.1, 0.15) is 17.1 Å². The Morgan fingerprint density at radius 3 is 2.85 bits per heavy atom. The summed E-state index contributed by atoms with van der Waals surface area (Å²) in [5.41, 5.74) is 2.69. The zero-order valence-corrected chi connectivity index (χ0v) is 19.0. The van der Waals surface area contributed by atoms with E-state index in [1.165, 1.54) is 19.3 Å². The molecule has 2 aliphatic heterocycles. The number of aromatic nitrogens is 3. The van der Waals surface area contributed by atoms with E-state index >= 15 is 0 Å². The van der Waals surface area contributed by atoms with E-state index in [2.05, 4.69) is 30.9 Å². The second-order valence-electron chi connectivity index (χ2n) is 8.71. The van der Waals surface area contributed by atoms with Gasteiger partial charge in [0.25, 0.3) is 5.91 Å². The number of benzene rings is 1. The van der Waals surface area contributed by atoms with Crippen molar-refractivity contribution in [2.24, 2.45) is 0 Å². The number of rotatable bonds is 6. The van der Waals surface area contributed by atoms with E-state index in [4.69, 9.17) is 4.74 Å². The van der Waals surface area contributed by atoms with E-state index in [0.717, 1.165) is 50.5 Å². The first-order chi connectivity index (χ1) is 16.2. The Hall–Kier alpha value is -3.33. The molecule has 33 heavy (non-hydrogen) atoms. The Morgan fingerprint density at radius 1 is 1.18 bits per heavy atom. The first-order valence-electron chi connectivity index (χ1n) is 11.8. The van der Waals surface area contributed by atoms with Crippen LogP contribution >= 0.6 is 0 Å². The molecule has 0 aliphatic carbocycles. The number of amides is 1. The van der Waals surface area contributed by atoms with E-state index in [1.807, 2.05) is 30.5 Å². The molecular formula is C24H31N7O2. The summed E-state index contributed by atoms with van der Waals surface area (Å²) in [5.74, 6) is 1.12. The van der Waals surface area contributed by atoms with Gasteiger partial charge in [-0.05, 0) is 56.8 Å².